The number of hydrogen-bond acceptors (Lipinski definition) is 3. The zero-order chi connectivity index (χ0) is 39.3. The molecule has 0 aliphatic rings. The molecule has 0 heterocycles. The number of alkyl halides is 3. The molecule has 0 bridgehead atoms. The molecule has 0 aromatic heterocycles. The molecular weight excluding hydrogens is 985 g/mol. The van der Waals surface area contributed by atoms with Crippen molar-refractivity contribution in [1.82, 2.24) is 0 Å². The standard InChI is InChI=1S/C20H22Br2Si2.C12H7Br2F3O3S.C5H10Si/c1-23(2,3)9-7-15-11-17-14-20(22)16(8-10-24(4,5)6)12-18(17)13-19(15)21;1-6-2-7-4-10(14)11(5-8(7)3-9(6)13)20-21(18,19)12(15,16)17;1-5-6(2,3)4/h11-14H,1-6H3;2-5H,1H3;1H,2-4H3. The second kappa shape index (κ2) is 17.6. The summed E-state index contributed by atoms with van der Waals surface area (Å²) < 4.78 is 66.3. The normalized spacial score (nSPS) is 11.8. The first-order valence-electron chi connectivity index (χ1n) is 15.4. The van der Waals surface area contributed by atoms with Crippen LogP contribution in [0.2, 0.25) is 58.9 Å². The second-order valence-electron chi connectivity index (χ2n) is 14.6. The van der Waals surface area contributed by atoms with Crippen LogP contribution in [0.25, 0.3) is 21.5 Å². The van der Waals surface area contributed by atoms with Gasteiger partial charge in [-0.3, -0.25) is 0 Å². The van der Waals surface area contributed by atoms with Gasteiger partial charge in [0.2, 0.25) is 0 Å². The van der Waals surface area contributed by atoms with Gasteiger partial charge in [-0.25, -0.2) is 0 Å². The number of hydrogen-bond donors (Lipinski definition) is 0. The Hall–Kier alpha value is -1.81. The van der Waals surface area contributed by atoms with E-state index in [1.54, 1.807) is 6.07 Å². The highest BCUT2D eigenvalue weighted by molar-refractivity contribution is 9.11. The Balaban J connectivity index is 0.000000307. The van der Waals surface area contributed by atoms with Crippen molar-refractivity contribution < 1.29 is 25.8 Å². The first-order chi connectivity index (χ1) is 23.0. The predicted octanol–water partition coefficient (Wildman–Crippen LogP) is 13.2. The lowest BCUT2D eigenvalue weighted by Gasteiger charge is -2.12. The lowest BCUT2D eigenvalue weighted by Crippen LogP contribution is -2.28. The van der Waals surface area contributed by atoms with E-state index in [0.717, 1.165) is 35.5 Å². The fourth-order valence-electron chi connectivity index (χ4n) is 3.61. The monoisotopic (exact) mass is 1020 g/mol. The molecule has 0 spiro atoms. The molecule has 0 saturated heterocycles. The van der Waals surface area contributed by atoms with E-state index in [0.29, 0.717) is 5.39 Å². The van der Waals surface area contributed by atoms with Crippen molar-refractivity contribution in [3.05, 3.63) is 83.1 Å². The van der Waals surface area contributed by atoms with Crippen LogP contribution in [0.15, 0.2) is 66.4 Å². The van der Waals surface area contributed by atoms with Crippen LogP contribution in [0, 0.1) is 41.8 Å². The summed E-state index contributed by atoms with van der Waals surface area (Å²) in [7, 11) is -9.57. The van der Waals surface area contributed by atoms with Gasteiger partial charge in [0.1, 0.15) is 24.2 Å². The predicted molar refractivity (Wildman–Crippen MR) is 232 cm³/mol. The summed E-state index contributed by atoms with van der Waals surface area (Å²) in [4.78, 5) is 0. The van der Waals surface area contributed by atoms with Crippen LogP contribution >= 0.6 is 63.7 Å². The van der Waals surface area contributed by atoms with Crippen LogP contribution in [0.3, 0.4) is 0 Å². The van der Waals surface area contributed by atoms with Crippen LogP contribution in [-0.2, 0) is 10.1 Å². The van der Waals surface area contributed by atoms with Gasteiger partial charge in [-0.2, -0.15) is 21.6 Å². The van der Waals surface area contributed by atoms with Crippen molar-refractivity contribution in [2.75, 3.05) is 0 Å². The molecule has 0 unspecified atom stereocenters. The van der Waals surface area contributed by atoms with E-state index < -0.39 is 45.6 Å². The SMILES string of the molecule is C#C[Si](C)(C)C.C[Si](C)(C)C#Cc1cc2cc(Br)c(C#C[Si](C)(C)C)cc2cc1Br.Cc1cc2cc(Br)c(OS(=O)(=O)C(F)(F)F)cc2cc1Br. The molecule has 3 nitrogen and oxygen atoms in total. The molecule has 0 saturated carbocycles. The summed E-state index contributed by atoms with van der Waals surface area (Å²) in [6.07, 6.45) is 5.12. The van der Waals surface area contributed by atoms with Crippen molar-refractivity contribution in [3.8, 4) is 40.6 Å². The van der Waals surface area contributed by atoms with E-state index in [4.69, 9.17) is 6.42 Å². The average Bonchev–Trinajstić information content (AvgIpc) is 2.95. The first kappa shape index (κ1) is 45.3. The van der Waals surface area contributed by atoms with Crippen molar-refractivity contribution >= 4 is 120 Å². The Bertz CT molecular complexity index is 2150. The third kappa shape index (κ3) is 14.9. The number of aryl methyl sites for hydroxylation is 1. The number of benzene rings is 4. The molecule has 4 aromatic rings. The summed E-state index contributed by atoms with van der Waals surface area (Å²) in [5.41, 5.74) is 7.18. The van der Waals surface area contributed by atoms with Gasteiger partial charge >= 0.3 is 15.6 Å². The molecule has 4 rings (SSSR count). The van der Waals surface area contributed by atoms with Gasteiger partial charge in [-0.15, -0.1) is 23.1 Å². The first-order valence-corrected chi connectivity index (χ1v) is 30.5. The minimum atomic E-state index is -5.70. The maximum atomic E-state index is 12.3. The van der Waals surface area contributed by atoms with Gasteiger partial charge in [0, 0.05) is 24.5 Å². The van der Waals surface area contributed by atoms with E-state index in [2.05, 4.69) is 180 Å². The van der Waals surface area contributed by atoms with Crippen LogP contribution in [-0.4, -0.2) is 38.1 Å². The molecule has 0 atom stereocenters. The smallest absolute Gasteiger partial charge is 0.375 e. The van der Waals surface area contributed by atoms with Crippen LogP contribution in [0.4, 0.5) is 13.2 Å². The summed E-state index contributed by atoms with van der Waals surface area (Å²) in [6, 6.07) is 14.8. The Labute approximate surface area is 337 Å². The van der Waals surface area contributed by atoms with Crippen molar-refractivity contribution in [2.24, 2.45) is 0 Å². The molecule has 0 radical (unpaired) electrons. The number of fused-ring (bicyclic) bond motifs is 2. The Kier molecular flexibility index (Phi) is 15.6. The minimum absolute atomic E-state index is 0.115. The van der Waals surface area contributed by atoms with Gasteiger partial charge in [0.15, 0.2) is 5.75 Å². The quantitative estimate of drug-likeness (QED) is 0.0870. The van der Waals surface area contributed by atoms with Crippen molar-refractivity contribution in [2.45, 2.75) is 71.4 Å². The highest BCUT2D eigenvalue weighted by Crippen LogP contribution is 2.36. The lowest BCUT2D eigenvalue weighted by atomic mass is 10.0. The molecule has 0 fully saturated rings. The number of rotatable bonds is 2. The van der Waals surface area contributed by atoms with E-state index in [1.807, 2.05) is 13.0 Å². The average molecular weight is 1020 g/mol. The fraction of sp³-hybridized carbons (Fsp3) is 0.297. The Morgan fingerprint density at radius 1 is 0.608 bits per heavy atom. The largest absolute Gasteiger partial charge is 0.534 e. The van der Waals surface area contributed by atoms with E-state index in [1.165, 1.54) is 22.9 Å². The molecule has 272 valence electrons. The summed E-state index contributed by atoms with van der Waals surface area (Å²) in [6.45, 7) is 21.8. The topological polar surface area (TPSA) is 43.4 Å². The van der Waals surface area contributed by atoms with E-state index >= 15 is 0 Å². The highest BCUT2D eigenvalue weighted by atomic mass is 79.9. The lowest BCUT2D eigenvalue weighted by molar-refractivity contribution is -0.0500. The summed E-state index contributed by atoms with van der Waals surface area (Å²) in [5.74, 6) is 6.28. The Morgan fingerprint density at radius 2 is 0.961 bits per heavy atom. The number of terminal acetylenes is 1. The molecule has 0 N–H and O–H groups in total. The van der Waals surface area contributed by atoms with Gasteiger partial charge in [-0.1, -0.05) is 92.8 Å². The molecule has 0 aliphatic heterocycles. The molecular formula is C37H39Br4F3O3SSi3. The maximum absolute atomic E-state index is 12.3. The third-order valence-corrected chi connectivity index (χ3v) is 12.6. The fourth-order valence-corrected chi connectivity index (χ4v) is 6.93. The molecule has 51 heavy (non-hydrogen) atoms. The van der Waals surface area contributed by atoms with Crippen molar-refractivity contribution in [1.29, 1.82) is 0 Å². The summed E-state index contributed by atoms with van der Waals surface area (Å²) in [5, 5.41) is 3.65. The maximum Gasteiger partial charge on any atom is 0.534 e. The highest BCUT2D eigenvalue weighted by Gasteiger charge is 2.48. The Morgan fingerprint density at radius 3 is 1.33 bits per heavy atom. The zero-order valence-corrected chi connectivity index (χ0v) is 40.1. The third-order valence-electron chi connectivity index (χ3n) is 6.24. The van der Waals surface area contributed by atoms with E-state index in [9.17, 15) is 21.6 Å². The minimum Gasteiger partial charge on any atom is -0.375 e. The molecule has 0 aliphatic carbocycles. The van der Waals surface area contributed by atoms with Crippen molar-refractivity contribution in [3.63, 3.8) is 0 Å². The van der Waals surface area contributed by atoms with Crippen LogP contribution in [0.5, 0.6) is 5.75 Å². The molecule has 4 aromatic carbocycles. The molecule has 0 amide bonds. The van der Waals surface area contributed by atoms with Crippen LogP contribution < -0.4 is 4.18 Å². The van der Waals surface area contributed by atoms with E-state index in [-0.39, 0.29) is 4.47 Å². The van der Waals surface area contributed by atoms with Gasteiger partial charge in [-0.05, 0) is 124 Å². The van der Waals surface area contributed by atoms with Gasteiger partial charge in [0.25, 0.3) is 0 Å². The van der Waals surface area contributed by atoms with Gasteiger partial charge < -0.3 is 4.18 Å². The molecule has 14 heteroatoms. The zero-order valence-electron chi connectivity index (χ0n) is 30.0. The summed E-state index contributed by atoms with van der Waals surface area (Å²) >= 11 is 13.7. The number of halogens is 7. The van der Waals surface area contributed by atoms with Gasteiger partial charge in [0.05, 0.1) is 4.47 Å². The van der Waals surface area contributed by atoms with Crippen LogP contribution in [0.1, 0.15) is 16.7 Å². The second-order valence-corrected chi connectivity index (χ2v) is 33.9.